The van der Waals surface area contributed by atoms with Crippen LogP contribution in [0.2, 0.25) is 0 Å². The van der Waals surface area contributed by atoms with E-state index < -0.39 is 0 Å². The van der Waals surface area contributed by atoms with Crippen LogP contribution < -0.4 is 10.6 Å². The van der Waals surface area contributed by atoms with E-state index in [1.807, 2.05) is 25.1 Å². The SMILES string of the molecule is Cc1cccc(NC(=O)NC2CCCCC2)c1Br. The lowest BCUT2D eigenvalue weighted by Gasteiger charge is -2.23. The van der Waals surface area contributed by atoms with Crippen LogP contribution in [0.25, 0.3) is 0 Å². The number of amides is 2. The van der Waals surface area contributed by atoms with E-state index in [0.29, 0.717) is 6.04 Å². The standard InChI is InChI=1S/C14H19BrN2O/c1-10-6-5-9-12(13(10)15)17-14(18)16-11-7-3-2-4-8-11/h5-6,9,11H,2-4,7-8H2,1H3,(H2,16,17,18). The molecule has 1 aliphatic rings. The van der Waals surface area contributed by atoms with Gasteiger partial charge in [-0.05, 0) is 47.3 Å². The van der Waals surface area contributed by atoms with E-state index in [1.54, 1.807) is 0 Å². The van der Waals surface area contributed by atoms with Gasteiger partial charge >= 0.3 is 6.03 Å². The fourth-order valence-corrected chi connectivity index (χ4v) is 2.70. The van der Waals surface area contributed by atoms with Gasteiger partial charge in [0.15, 0.2) is 0 Å². The van der Waals surface area contributed by atoms with Crippen molar-refractivity contribution in [3.63, 3.8) is 0 Å². The lowest BCUT2D eigenvalue weighted by molar-refractivity contribution is 0.244. The Bertz CT molecular complexity index is 428. The zero-order valence-electron chi connectivity index (χ0n) is 10.6. The van der Waals surface area contributed by atoms with Crippen LogP contribution in [0.5, 0.6) is 0 Å². The van der Waals surface area contributed by atoms with Gasteiger partial charge in [-0.2, -0.15) is 0 Å². The molecule has 0 unspecified atom stereocenters. The average molecular weight is 311 g/mol. The molecule has 1 aliphatic carbocycles. The second-order valence-electron chi connectivity index (χ2n) is 4.87. The molecule has 2 rings (SSSR count). The minimum Gasteiger partial charge on any atom is -0.335 e. The smallest absolute Gasteiger partial charge is 0.319 e. The molecule has 2 N–H and O–H groups in total. The van der Waals surface area contributed by atoms with Crippen LogP contribution in [-0.2, 0) is 0 Å². The Morgan fingerprint density at radius 1 is 1.28 bits per heavy atom. The van der Waals surface area contributed by atoms with Gasteiger partial charge in [-0.3, -0.25) is 0 Å². The number of nitrogens with one attached hydrogen (secondary N) is 2. The van der Waals surface area contributed by atoms with E-state index in [2.05, 4.69) is 26.6 Å². The number of carbonyl (C=O) groups excluding carboxylic acids is 1. The number of carbonyl (C=O) groups is 1. The number of rotatable bonds is 2. The van der Waals surface area contributed by atoms with Gasteiger partial charge in [0.2, 0.25) is 0 Å². The predicted octanol–water partition coefficient (Wildman–Crippen LogP) is 4.21. The molecule has 0 atom stereocenters. The number of anilines is 1. The first kappa shape index (κ1) is 13.4. The number of aryl methyl sites for hydroxylation is 1. The summed E-state index contributed by atoms with van der Waals surface area (Å²) in [4.78, 5) is 11.9. The molecule has 0 bridgehead atoms. The highest BCUT2D eigenvalue weighted by atomic mass is 79.9. The summed E-state index contributed by atoms with van der Waals surface area (Å²) in [5.41, 5.74) is 1.94. The van der Waals surface area contributed by atoms with Crippen LogP contribution in [0.3, 0.4) is 0 Å². The fraction of sp³-hybridized carbons (Fsp3) is 0.500. The third-order valence-electron chi connectivity index (χ3n) is 3.38. The molecule has 0 radical (unpaired) electrons. The molecule has 1 fully saturated rings. The number of urea groups is 1. The normalized spacial score (nSPS) is 16.3. The summed E-state index contributed by atoms with van der Waals surface area (Å²) in [6, 6.07) is 6.08. The second-order valence-corrected chi connectivity index (χ2v) is 5.66. The van der Waals surface area contributed by atoms with E-state index in [-0.39, 0.29) is 6.03 Å². The third-order valence-corrected chi connectivity index (χ3v) is 4.43. The molecule has 0 aromatic heterocycles. The van der Waals surface area contributed by atoms with Crippen LogP contribution in [-0.4, -0.2) is 12.1 Å². The number of hydrogen-bond acceptors (Lipinski definition) is 1. The maximum Gasteiger partial charge on any atom is 0.319 e. The van der Waals surface area contributed by atoms with Crippen LogP contribution in [0.15, 0.2) is 22.7 Å². The van der Waals surface area contributed by atoms with Crippen molar-refractivity contribution in [2.75, 3.05) is 5.32 Å². The van der Waals surface area contributed by atoms with Gasteiger partial charge in [-0.25, -0.2) is 4.79 Å². The van der Waals surface area contributed by atoms with Crippen LogP contribution >= 0.6 is 15.9 Å². The van der Waals surface area contributed by atoms with Crippen LogP contribution in [0, 0.1) is 6.92 Å². The first-order valence-corrected chi connectivity index (χ1v) is 7.29. The van der Waals surface area contributed by atoms with E-state index in [9.17, 15) is 4.79 Å². The van der Waals surface area contributed by atoms with Gasteiger partial charge in [0.25, 0.3) is 0 Å². The molecular weight excluding hydrogens is 292 g/mol. The van der Waals surface area contributed by atoms with Gasteiger partial charge in [0.1, 0.15) is 0 Å². The van der Waals surface area contributed by atoms with Crippen molar-refractivity contribution in [1.29, 1.82) is 0 Å². The Labute approximate surface area is 116 Å². The van der Waals surface area contributed by atoms with Gasteiger partial charge in [-0.1, -0.05) is 31.4 Å². The van der Waals surface area contributed by atoms with Crippen molar-refractivity contribution in [2.45, 2.75) is 45.1 Å². The Balaban J connectivity index is 1.92. The first-order valence-electron chi connectivity index (χ1n) is 6.49. The van der Waals surface area contributed by atoms with Gasteiger partial charge in [0.05, 0.1) is 5.69 Å². The maximum absolute atomic E-state index is 11.9. The highest BCUT2D eigenvalue weighted by molar-refractivity contribution is 9.10. The Morgan fingerprint density at radius 2 is 2.00 bits per heavy atom. The summed E-state index contributed by atoms with van der Waals surface area (Å²) in [7, 11) is 0. The van der Waals surface area contributed by atoms with Gasteiger partial charge in [-0.15, -0.1) is 0 Å². The molecule has 0 saturated heterocycles. The molecule has 1 aromatic carbocycles. The van der Waals surface area contributed by atoms with Crippen molar-refractivity contribution in [1.82, 2.24) is 5.32 Å². The highest BCUT2D eigenvalue weighted by Crippen LogP contribution is 2.25. The van der Waals surface area contributed by atoms with E-state index >= 15 is 0 Å². The summed E-state index contributed by atoms with van der Waals surface area (Å²) in [5, 5.41) is 5.94. The van der Waals surface area contributed by atoms with Gasteiger partial charge in [0, 0.05) is 10.5 Å². The Morgan fingerprint density at radius 3 is 2.72 bits per heavy atom. The predicted molar refractivity (Wildman–Crippen MR) is 77.9 cm³/mol. The topological polar surface area (TPSA) is 41.1 Å². The zero-order valence-corrected chi connectivity index (χ0v) is 12.2. The summed E-state index contributed by atoms with van der Waals surface area (Å²) in [6.07, 6.45) is 5.94. The molecule has 2 amide bonds. The van der Waals surface area contributed by atoms with Crippen LogP contribution in [0.4, 0.5) is 10.5 Å². The van der Waals surface area contributed by atoms with E-state index in [4.69, 9.17) is 0 Å². The average Bonchev–Trinajstić information content (AvgIpc) is 2.36. The molecule has 98 valence electrons. The number of benzene rings is 1. The number of hydrogen-bond donors (Lipinski definition) is 2. The van der Waals surface area contributed by atoms with Crippen LogP contribution in [0.1, 0.15) is 37.7 Å². The lowest BCUT2D eigenvalue weighted by atomic mass is 9.96. The summed E-state index contributed by atoms with van der Waals surface area (Å²) in [5.74, 6) is 0. The minimum absolute atomic E-state index is 0.104. The molecule has 1 aromatic rings. The van der Waals surface area contributed by atoms with Crippen molar-refractivity contribution in [3.05, 3.63) is 28.2 Å². The zero-order chi connectivity index (χ0) is 13.0. The fourth-order valence-electron chi connectivity index (χ4n) is 2.33. The van der Waals surface area contributed by atoms with E-state index in [0.717, 1.165) is 28.6 Å². The molecule has 0 heterocycles. The summed E-state index contributed by atoms with van der Waals surface area (Å²) < 4.78 is 0.948. The molecular formula is C14H19BrN2O. The first-order chi connectivity index (χ1) is 8.66. The number of halogens is 1. The summed E-state index contributed by atoms with van der Waals surface area (Å²) >= 11 is 3.49. The molecule has 18 heavy (non-hydrogen) atoms. The van der Waals surface area contributed by atoms with Crippen molar-refractivity contribution in [2.24, 2.45) is 0 Å². The molecule has 0 spiro atoms. The van der Waals surface area contributed by atoms with Gasteiger partial charge < -0.3 is 10.6 Å². The Hall–Kier alpha value is -1.03. The second kappa shape index (κ2) is 6.23. The molecule has 0 aliphatic heterocycles. The van der Waals surface area contributed by atoms with Crippen molar-refractivity contribution < 1.29 is 4.79 Å². The Kier molecular flexibility index (Phi) is 4.64. The largest absolute Gasteiger partial charge is 0.335 e. The molecule has 1 saturated carbocycles. The maximum atomic E-state index is 11.9. The van der Waals surface area contributed by atoms with Crippen molar-refractivity contribution in [3.8, 4) is 0 Å². The molecule has 3 nitrogen and oxygen atoms in total. The quantitative estimate of drug-likeness (QED) is 0.844. The van der Waals surface area contributed by atoms with Crippen molar-refractivity contribution >= 4 is 27.6 Å². The minimum atomic E-state index is -0.104. The highest BCUT2D eigenvalue weighted by Gasteiger charge is 2.16. The lowest BCUT2D eigenvalue weighted by Crippen LogP contribution is -2.39. The third kappa shape index (κ3) is 3.48. The van der Waals surface area contributed by atoms with E-state index in [1.165, 1.54) is 19.3 Å². The summed E-state index contributed by atoms with van der Waals surface area (Å²) in [6.45, 7) is 2.01. The molecule has 4 heteroatoms. The monoisotopic (exact) mass is 310 g/mol.